The molecule has 6 heteroatoms. The summed E-state index contributed by atoms with van der Waals surface area (Å²) in [5, 5.41) is 3.65. The van der Waals surface area contributed by atoms with Gasteiger partial charge >= 0.3 is 0 Å². The Hall–Kier alpha value is -1.46. The molecule has 0 saturated carbocycles. The van der Waals surface area contributed by atoms with Crippen LogP contribution in [0.2, 0.25) is 5.02 Å². The number of aryl methyl sites for hydroxylation is 1. The molecule has 0 unspecified atom stereocenters. The number of halogens is 2. The van der Waals surface area contributed by atoms with Crippen molar-refractivity contribution in [3.05, 3.63) is 40.3 Å². The van der Waals surface area contributed by atoms with E-state index in [1.807, 2.05) is 0 Å². The minimum absolute atomic E-state index is 0.0628. The Morgan fingerprint density at radius 3 is 2.83 bits per heavy atom. The largest absolute Gasteiger partial charge is 0.345 e. The lowest BCUT2D eigenvalue weighted by Crippen LogP contribution is -1.98. The number of carbonyl (C=O) groups excluding carboxylic acids is 1. The standard InChI is InChI=1S/C12H10ClFN2OS/c1-6-11(7(2)17)12(18-16-6)15-8-3-4-9(13)10(14)5-8/h3-5,15H,1-2H3. The fraction of sp³-hybridized carbons (Fsp3) is 0.167. The zero-order valence-corrected chi connectivity index (χ0v) is 11.3. The van der Waals surface area contributed by atoms with E-state index in [0.29, 0.717) is 21.9 Å². The summed E-state index contributed by atoms with van der Waals surface area (Å²) in [4.78, 5) is 11.5. The van der Waals surface area contributed by atoms with Gasteiger partial charge in [0.1, 0.15) is 10.8 Å². The third kappa shape index (κ3) is 2.52. The number of carbonyl (C=O) groups is 1. The average Bonchev–Trinajstić information content (AvgIpc) is 2.65. The number of nitrogens with one attached hydrogen (secondary N) is 1. The van der Waals surface area contributed by atoms with Gasteiger partial charge in [0, 0.05) is 5.69 Å². The Bertz CT molecular complexity index is 612. The van der Waals surface area contributed by atoms with Crippen molar-refractivity contribution in [1.29, 1.82) is 0 Å². The zero-order chi connectivity index (χ0) is 13.3. The number of hydrogen-bond donors (Lipinski definition) is 1. The Balaban J connectivity index is 2.34. The maximum atomic E-state index is 13.3. The molecule has 1 heterocycles. The average molecular weight is 285 g/mol. The van der Waals surface area contributed by atoms with Crippen molar-refractivity contribution in [2.45, 2.75) is 13.8 Å². The number of benzene rings is 1. The van der Waals surface area contributed by atoms with E-state index in [1.54, 1.807) is 13.0 Å². The number of anilines is 2. The van der Waals surface area contributed by atoms with Crippen molar-refractivity contribution in [3.63, 3.8) is 0 Å². The molecule has 0 radical (unpaired) electrons. The van der Waals surface area contributed by atoms with Crippen molar-refractivity contribution in [2.24, 2.45) is 0 Å². The second kappa shape index (κ2) is 5.04. The van der Waals surface area contributed by atoms with Gasteiger partial charge in [-0.1, -0.05) is 11.6 Å². The third-order valence-corrected chi connectivity index (χ3v) is 3.55. The van der Waals surface area contributed by atoms with Crippen LogP contribution in [0.1, 0.15) is 23.0 Å². The maximum absolute atomic E-state index is 13.3. The summed E-state index contributed by atoms with van der Waals surface area (Å²) in [6, 6.07) is 4.38. The van der Waals surface area contributed by atoms with Crippen LogP contribution in [0.15, 0.2) is 18.2 Å². The lowest BCUT2D eigenvalue weighted by molar-refractivity contribution is 0.101. The zero-order valence-electron chi connectivity index (χ0n) is 9.75. The molecule has 94 valence electrons. The molecule has 3 nitrogen and oxygen atoms in total. The molecule has 0 fully saturated rings. The van der Waals surface area contributed by atoms with Gasteiger partial charge in [0.05, 0.1) is 16.3 Å². The van der Waals surface area contributed by atoms with Gasteiger partial charge in [-0.3, -0.25) is 4.79 Å². The SMILES string of the molecule is CC(=O)c1c(C)nsc1Nc1ccc(Cl)c(F)c1. The first-order valence-electron chi connectivity index (χ1n) is 5.18. The molecular weight excluding hydrogens is 275 g/mol. The number of nitrogens with zero attached hydrogens (tertiary/aromatic N) is 1. The van der Waals surface area contributed by atoms with Gasteiger partial charge in [-0.25, -0.2) is 4.39 Å². The summed E-state index contributed by atoms with van der Waals surface area (Å²) in [6.45, 7) is 3.24. The first kappa shape index (κ1) is 13.0. The first-order valence-corrected chi connectivity index (χ1v) is 6.33. The van der Waals surface area contributed by atoms with E-state index < -0.39 is 5.82 Å². The molecule has 1 aromatic heterocycles. The van der Waals surface area contributed by atoms with Crippen LogP contribution in [0.4, 0.5) is 15.1 Å². The van der Waals surface area contributed by atoms with E-state index in [-0.39, 0.29) is 10.8 Å². The van der Waals surface area contributed by atoms with E-state index in [2.05, 4.69) is 9.69 Å². The molecule has 18 heavy (non-hydrogen) atoms. The Morgan fingerprint density at radius 2 is 2.22 bits per heavy atom. The highest BCUT2D eigenvalue weighted by Crippen LogP contribution is 2.29. The molecule has 2 rings (SSSR count). The van der Waals surface area contributed by atoms with Crippen molar-refractivity contribution in [2.75, 3.05) is 5.32 Å². The van der Waals surface area contributed by atoms with Crippen LogP contribution in [-0.2, 0) is 0 Å². The number of Topliss-reactive ketones (excluding diaryl/α,β-unsaturated/α-hetero) is 1. The van der Waals surface area contributed by atoms with Crippen LogP contribution >= 0.6 is 23.1 Å². The fourth-order valence-electron chi connectivity index (χ4n) is 1.57. The molecule has 1 aromatic carbocycles. The smallest absolute Gasteiger partial charge is 0.164 e. The monoisotopic (exact) mass is 284 g/mol. The van der Waals surface area contributed by atoms with Crippen LogP contribution in [0.25, 0.3) is 0 Å². The second-order valence-electron chi connectivity index (χ2n) is 3.78. The van der Waals surface area contributed by atoms with E-state index in [0.717, 1.165) is 0 Å². The molecular formula is C12H10ClFN2OS. The van der Waals surface area contributed by atoms with Crippen molar-refractivity contribution >= 4 is 39.6 Å². The Kier molecular flexibility index (Phi) is 3.63. The molecule has 0 aliphatic heterocycles. The summed E-state index contributed by atoms with van der Waals surface area (Å²) < 4.78 is 17.4. The van der Waals surface area contributed by atoms with Crippen LogP contribution in [0, 0.1) is 12.7 Å². The second-order valence-corrected chi connectivity index (χ2v) is 4.96. The van der Waals surface area contributed by atoms with Gasteiger partial charge in [-0.15, -0.1) is 0 Å². The molecule has 0 aliphatic rings. The lowest BCUT2D eigenvalue weighted by Gasteiger charge is -2.06. The summed E-state index contributed by atoms with van der Waals surface area (Å²) in [5.41, 5.74) is 1.74. The predicted octanol–water partition coefficient (Wildman–Crippen LogP) is 4.19. The molecule has 0 bridgehead atoms. The van der Waals surface area contributed by atoms with E-state index in [4.69, 9.17) is 11.6 Å². The molecule has 1 N–H and O–H groups in total. The highest BCUT2D eigenvalue weighted by Gasteiger charge is 2.15. The number of aromatic nitrogens is 1. The summed E-state index contributed by atoms with van der Waals surface area (Å²) in [6.07, 6.45) is 0. The summed E-state index contributed by atoms with van der Waals surface area (Å²) in [5.74, 6) is -0.578. The van der Waals surface area contributed by atoms with E-state index in [9.17, 15) is 9.18 Å². The van der Waals surface area contributed by atoms with E-state index in [1.165, 1.54) is 30.6 Å². The van der Waals surface area contributed by atoms with Gasteiger partial charge in [-0.2, -0.15) is 4.37 Å². The number of rotatable bonds is 3. The topological polar surface area (TPSA) is 42.0 Å². The molecule has 0 atom stereocenters. The van der Waals surface area contributed by atoms with Gasteiger partial charge in [0.25, 0.3) is 0 Å². The fourth-order valence-corrected chi connectivity index (χ4v) is 2.56. The Labute approximate surface area is 113 Å². The van der Waals surface area contributed by atoms with Gasteiger partial charge in [0.15, 0.2) is 5.78 Å². The van der Waals surface area contributed by atoms with Gasteiger partial charge in [-0.05, 0) is 43.6 Å². The van der Waals surface area contributed by atoms with Crippen molar-refractivity contribution in [3.8, 4) is 0 Å². The number of ketones is 1. The van der Waals surface area contributed by atoms with Gasteiger partial charge in [0.2, 0.25) is 0 Å². The van der Waals surface area contributed by atoms with E-state index >= 15 is 0 Å². The molecule has 0 saturated heterocycles. The van der Waals surface area contributed by atoms with Gasteiger partial charge < -0.3 is 5.32 Å². The molecule has 0 aliphatic carbocycles. The van der Waals surface area contributed by atoms with Crippen LogP contribution in [0.3, 0.4) is 0 Å². The van der Waals surface area contributed by atoms with Crippen molar-refractivity contribution in [1.82, 2.24) is 4.37 Å². The highest BCUT2D eigenvalue weighted by molar-refractivity contribution is 7.10. The summed E-state index contributed by atoms with van der Waals surface area (Å²) >= 11 is 6.77. The quantitative estimate of drug-likeness (QED) is 0.859. The van der Waals surface area contributed by atoms with Crippen molar-refractivity contribution < 1.29 is 9.18 Å². The normalized spacial score (nSPS) is 10.4. The minimum atomic E-state index is -0.507. The maximum Gasteiger partial charge on any atom is 0.164 e. The molecule has 2 aromatic rings. The lowest BCUT2D eigenvalue weighted by atomic mass is 10.2. The van der Waals surface area contributed by atoms with Crippen LogP contribution < -0.4 is 5.32 Å². The number of hydrogen-bond acceptors (Lipinski definition) is 4. The molecule has 0 spiro atoms. The summed E-state index contributed by atoms with van der Waals surface area (Å²) in [7, 11) is 0. The molecule has 0 amide bonds. The van der Waals surface area contributed by atoms with Crippen LogP contribution in [-0.4, -0.2) is 10.2 Å². The first-order chi connectivity index (χ1) is 8.49. The Morgan fingerprint density at radius 1 is 1.50 bits per heavy atom. The van der Waals surface area contributed by atoms with Crippen LogP contribution in [0.5, 0.6) is 0 Å². The predicted molar refractivity (Wildman–Crippen MR) is 71.5 cm³/mol. The highest BCUT2D eigenvalue weighted by atomic mass is 35.5. The minimum Gasteiger partial charge on any atom is -0.345 e. The third-order valence-electron chi connectivity index (χ3n) is 2.39.